The Bertz CT molecular complexity index is 1460. The first-order valence-corrected chi connectivity index (χ1v) is 16.4. The van der Waals surface area contributed by atoms with Gasteiger partial charge in [-0.3, -0.25) is 9.59 Å². The normalized spacial score (nSPS) is 28.4. The number of nitrogens with one attached hydrogen (secondary N) is 1. The SMILES string of the molecule is CCOc1cc2c3cc(c(OC)cc3n1)/C=C/C[C@@H]1CCC[C@H]1OC(=O)N[C@@H](C1CCCCC1)C(=O)N1C[C@@H](C[C@H]1C(N)=O)O2. The predicted molar refractivity (Wildman–Crippen MR) is 168 cm³/mol. The van der Waals surface area contributed by atoms with Gasteiger partial charge >= 0.3 is 6.09 Å². The van der Waals surface area contributed by atoms with Crippen LogP contribution in [0.3, 0.4) is 0 Å². The van der Waals surface area contributed by atoms with Crippen LogP contribution in [0.25, 0.3) is 17.0 Å². The second-order valence-corrected chi connectivity index (χ2v) is 12.7. The highest BCUT2D eigenvalue weighted by molar-refractivity contribution is 5.92. The summed E-state index contributed by atoms with van der Waals surface area (Å²) in [6.07, 6.45) is 11.1. The highest BCUT2D eigenvalue weighted by Crippen LogP contribution is 2.38. The number of allylic oxidation sites excluding steroid dienone is 1. The van der Waals surface area contributed by atoms with E-state index in [1.807, 2.05) is 25.1 Å². The van der Waals surface area contributed by atoms with Crippen molar-refractivity contribution < 1.29 is 33.3 Å². The van der Waals surface area contributed by atoms with E-state index in [0.29, 0.717) is 29.5 Å². The summed E-state index contributed by atoms with van der Waals surface area (Å²) in [5.41, 5.74) is 7.36. The smallest absolute Gasteiger partial charge is 0.408 e. The van der Waals surface area contributed by atoms with Crippen molar-refractivity contribution in [2.45, 2.75) is 95.4 Å². The number of amides is 3. The third kappa shape index (κ3) is 6.67. The van der Waals surface area contributed by atoms with E-state index in [4.69, 9.17) is 24.7 Å². The summed E-state index contributed by atoms with van der Waals surface area (Å²) in [7, 11) is 1.62. The standard InChI is InChI=1S/C34H44N4O7/c1-3-43-30-18-29-24-15-22(28(42-2)17-25(24)36-30)13-7-11-20-12-8-14-27(20)45-34(41)37-31(21-9-5-4-6-10-21)33(40)38-19-23(44-29)16-26(38)32(35)39/h7,13,15,17-18,20-21,23,26-27,31H,3-6,8-12,14,16,19H2,1-2H3,(H2,35,39)(H,37,41)/b13-7+/t20-,23-,26+,27-,31+/m1/s1. The molecule has 2 aliphatic heterocycles. The minimum absolute atomic E-state index is 0.0495. The van der Waals surface area contributed by atoms with Crippen LogP contribution in [-0.4, -0.2) is 72.3 Å². The summed E-state index contributed by atoms with van der Waals surface area (Å²) < 4.78 is 24.0. The Morgan fingerprint density at radius 3 is 2.62 bits per heavy atom. The van der Waals surface area contributed by atoms with Gasteiger partial charge in [-0.2, -0.15) is 0 Å². The third-order valence-electron chi connectivity index (χ3n) is 9.80. The molecule has 2 saturated carbocycles. The zero-order valence-corrected chi connectivity index (χ0v) is 26.2. The number of hydrogen-bond donors (Lipinski definition) is 2. The Labute approximate surface area is 263 Å². The van der Waals surface area contributed by atoms with E-state index in [2.05, 4.69) is 16.4 Å². The first kappa shape index (κ1) is 31.0. The summed E-state index contributed by atoms with van der Waals surface area (Å²) in [6, 6.07) is 3.91. The number of benzene rings is 1. The van der Waals surface area contributed by atoms with E-state index in [-0.39, 0.29) is 36.8 Å². The van der Waals surface area contributed by atoms with Crippen molar-refractivity contribution >= 4 is 34.9 Å². The Morgan fingerprint density at radius 2 is 1.87 bits per heavy atom. The molecular formula is C34H44N4O7. The molecule has 0 radical (unpaired) electrons. The Morgan fingerprint density at radius 1 is 1.07 bits per heavy atom. The van der Waals surface area contributed by atoms with Crippen LogP contribution in [0.15, 0.2) is 24.3 Å². The van der Waals surface area contributed by atoms with E-state index in [1.165, 1.54) is 4.90 Å². The van der Waals surface area contributed by atoms with Crippen molar-refractivity contribution in [2.24, 2.45) is 17.6 Å². The number of nitrogens with two attached hydrogens (primary N) is 1. The molecule has 6 rings (SSSR count). The van der Waals surface area contributed by atoms with Gasteiger partial charge in [0.15, 0.2) is 0 Å². The van der Waals surface area contributed by atoms with Crippen molar-refractivity contribution in [3.8, 4) is 17.4 Å². The molecule has 45 heavy (non-hydrogen) atoms. The van der Waals surface area contributed by atoms with Crippen LogP contribution in [0.4, 0.5) is 4.79 Å². The van der Waals surface area contributed by atoms with Gasteiger partial charge in [-0.15, -0.1) is 0 Å². The first-order valence-electron chi connectivity index (χ1n) is 16.4. The van der Waals surface area contributed by atoms with Gasteiger partial charge in [-0.1, -0.05) is 31.4 Å². The van der Waals surface area contributed by atoms with Crippen molar-refractivity contribution in [1.29, 1.82) is 0 Å². The lowest BCUT2D eigenvalue weighted by molar-refractivity contribution is -0.140. The summed E-state index contributed by atoms with van der Waals surface area (Å²) in [5.74, 6) is 0.774. The summed E-state index contributed by atoms with van der Waals surface area (Å²) in [5, 5.41) is 3.71. The van der Waals surface area contributed by atoms with Crippen molar-refractivity contribution in [3.63, 3.8) is 0 Å². The molecule has 242 valence electrons. The molecule has 3 amide bonds. The largest absolute Gasteiger partial charge is 0.496 e. The number of ether oxygens (including phenoxy) is 4. The summed E-state index contributed by atoms with van der Waals surface area (Å²) >= 11 is 0. The highest BCUT2D eigenvalue weighted by atomic mass is 16.6. The van der Waals surface area contributed by atoms with E-state index in [0.717, 1.165) is 68.7 Å². The Balaban J connectivity index is 1.42. The maximum Gasteiger partial charge on any atom is 0.408 e. The molecule has 1 aromatic heterocycles. The van der Waals surface area contributed by atoms with Gasteiger partial charge in [0.05, 0.1) is 25.8 Å². The molecule has 5 atom stereocenters. The predicted octanol–water partition coefficient (Wildman–Crippen LogP) is 4.74. The maximum atomic E-state index is 14.3. The maximum absolute atomic E-state index is 14.3. The molecule has 3 fully saturated rings. The van der Waals surface area contributed by atoms with E-state index in [1.54, 1.807) is 13.2 Å². The molecule has 2 aliphatic carbocycles. The average molecular weight is 621 g/mol. The number of hydrogen-bond acceptors (Lipinski definition) is 8. The number of methoxy groups -OCH3 is 1. The monoisotopic (exact) mass is 620 g/mol. The van der Waals surface area contributed by atoms with Crippen LogP contribution in [0.5, 0.6) is 17.4 Å². The molecule has 4 aliphatic rings. The second-order valence-electron chi connectivity index (χ2n) is 12.7. The molecule has 11 heteroatoms. The molecule has 1 saturated heterocycles. The molecule has 4 bridgehead atoms. The molecule has 3 N–H and O–H groups in total. The van der Waals surface area contributed by atoms with E-state index < -0.39 is 30.2 Å². The number of fused-ring (bicyclic) bond motifs is 4. The number of primary amides is 1. The quantitative estimate of drug-likeness (QED) is 0.488. The lowest BCUT2D eigenvalue weighted by Crippen LogP contribution is -2.56. The fraction of sp³-hybridized carbons (Fsp3) is 0.588. The molecule has 11 nitrogen and oxygen atoms in total. The lowest BCUT2D eigenvalue weighted by Gasteiger charge is -2.34. The number of carbonyl (C=O) groups excluding carboxylic acids is 3. The fourth-order valence-corrected chi connectivity index (χ4v) is 7.54. The summed E-state index contributed by atoms with van der Waals surface area (Å²) in [4.78, 5) is 46.5. The topological polar surface area (TPSA) is 142 Å². The van der Waals surface area contributed by atoms with Crippen LogP contribution in [0.2, 0.25) is 0 Å². The van der Waals surface area contributed by atoms with Crippen LogP contribution in [0, 0.1) is 11.8 Å². The number of nitrogens with zero attached hydrogens (tertiary/aromatic N) is 2. The minimum atomic E-state index is -0.870. The third-order valence-corrected chi connectivity index (χ3v) is 9.80. The van der Waals surface area contributed by atoms with Crippen molar-refractivity contribution in [3.05, 3.63) is 29.8 Å². The zero-order chi connectivity index (χ0) is 31.5. The molecule has 3 heterocycles. The van der Waals surface area contributed by atoms with Crippen LogP contribution in [-0.2, 0) is 14.3 Å². The van der Waals surface area contributed by atoms with Gasteiger partial charge in [-0.25, -0.2) is 9.78 Å². The first-order chi connectivity index (χ1) is 21.8. The van der Waals surface area contributed by atoms with Crippen molar-refractivity contribution in [1.82, 2.24) is 15.2 Å². The lowest BCUT2D eigenvalue weighted by atomic mass is 9.83. The van der Waals surface area contributed by atoms with Gasteiger partial charge in [0.25, 0.3) is 0 Å². The minimum Gasteiger partial charge on any atom is -0.496 e. The Kier molecular flexibility index (Phi) is 9.32. The molecule has 0 spiro atoms. The van der Waals surface area contributed by atoms with Gasteiger partial charge in [0.1, 0.15) is 35.8 Å². The molecule has 1 aromatic carbocycles. The number of alkyl carbamates (subject to hydrolysis) is 1. The van der Waals surface area contributed by atoms with Crippen LogP contribution >= 0.6 is 0 Å². The van der Waals surface area contributed by atoms with Gasteiger partial charge in [0.2, 0.25) is 17.7 Å². The van der Waals surface area contributed by atoms with E-state index in [9.17, 15) is 14.4 Å². The Hall–Kier alpha value is -4.02. The molecule has 0 unspecified atom stereocenters. The van der Waals surface area contributed by atoms with Crippen LogP contribution < -0.4 is 25.3 Å². The van der Waals surface area contributed by atoms with Gasteiger partial charge in [-0.05, 0) is 63.4 Å². The zero-order valence-electron chi connectivity index (χ0n) is 26.2. The second kappa shape index (κ2) is 13.5. The molecular weight excluding hydrogens is 576 g/mol. The van der Waals surface area contributed by atoms with E-state index >= 15 is 0 Å². The molecule has 2 aromatic rings. The number of carbonyl (C=O) groups is 3. The number of pyridine rings is 1. The average Bonchev–Trinajstić information content (AvgIpc) is 3.66. The summed E-state index contributed by atoms with van der Waals surface area (Å²) in [6.45, 7) is 2.45. The number of aromatic nitrogens is 1. The van der Waals surface area contributed by atoms with Gasteiger partial charge in [0, 0.05) is 29.5 Å². The van der Waals surface area contributed by atoms with Gasteiger partial charge < -0.3 is 34.9 Å². The highest BCUT2D eigenvalue weighted by Gasteiger charge is 2.45. The van der Waals surface area contributed by atoms with Crippen LogP contribution in [0.1, 0.15) is 76.7 Å². The number of rotatable bonds is 5. The van der Waals surface area contributed by atoms with Crippen molar-refractivity contribution in [2.75, 3.05) is 20.3 Å². The fourth-order valence-electron chi connectivity index (χ4n) is 7.54.